The summed E-state index contributed by atoms with van der Waals surface area (Å²) in [6.45, 7) is 5.35. The monoisotopic (exact) mass is 439 g/mol. The number of Topliss-reactive ketones (excluding diaryl/α,β-unsaturated/α-hetero) is 1. The van der Waals surface area contributed by atoms with Crippen LogP contribution < -0.4 is 0 Å². The Morgan fingerprint density at radius 3 is 2.58 bits per heavy atom. The van der Waals surface area contributed by atoms with E-state index in [9.17, 15) is 4.79 Å². The van der Waals surface area contributed by atoms with E-state index in [0.29, 0.717) is 0 Å². The Hall–Kier alpha value is -2.85. The lowest BCUT2D eigenvalue weighted by atomic mass is 9.99. The van der Waals surface area contributed by atoms with E-state index >= 15 is 0 Å². The number of carbonyl (C=O) groups excluding carboxylic acids is 1. The van der Waals surface area contributed by atoms with Gasteiger partial charge in [0.2, 0.25) is 0 Å². The Labute approximate surface area is 197 Å². The van der Waals surface area contributed by atoms with Gasteiger partial charge in [-0.3, -0.25) is 4.79 Å². The first-order valence-electron chi connectivity index (χ1n) is 12.5. The van der Waals surface area contributed by atoms with Gasteiger partial charge in [0.15, 0.2) is 5.78 Å². The molecule has 4 heteroatoms. The lowest BCUT2D eigenvalue weighted by molar-refractivity contribution is 0.101. The van der Waals surface area contributed by atoms with E-state index in [1.54, 1.807) is 6.92 Å². The van der Waals surface area contributed by atoms with Crippen molar-refractivity contribution in [2.45, 2.75) is 58.3 Å². The predicted molar refractivity (Wildman–Crippen MR) is 133 cm³/mol. The van der Waals surface area contributed by atoms with Gasteiger partial charge in [0.1, 0.15) is 5.82 Å². The number of aromatic nitrogens is 2. The van der Waals surface area contributed by atoms with Crippen LogP contribution in [0.3, 0.4) is 0 Å². The highest BCUT2D eigenvalue weighted by molar-refractivity contribution is 5.95. The van der Waals surface area contributed by atoms with Crippen molar-refractivity contribution in [2.75, 3.05) is 19.6 Å². The van der Waals surface area contributed by atoms with Gasteiger partial charge in [-0.2, -0.15) is 0 Å². The Morgan fingerprint density at radius 1 is 0.970 bits per heavy atom. The largest absolute Gasteiger partial charge is 0.303 e. The van der Waals surface area contributed by atoms with Crippen LogP contribution in [0, 0.1) is 0 Å². The number of benzene rings is 2. The highest BCUT2D eigenvalue weighted by Crippen LogP contribution is 2.38. The number of ketones is 1. The molecule has 0 amide bonds. The van der Waals surface area contributed by atoms with Crippen molar-refractivity contribution in [1.82, 2.24) is 14.9 Å². The summed E-state index contributed by atoms with van der Waals surface area (Å²) in [5.41, 5.74) is 7.96. The fourth-order valence-corrected chi connectivity index (χ4v) is 5.29. The van der Waals surface area contributed by atoms with Gasteiger partial charge in [0.25, 0.3) is 0 Å². The van der Waals surface area contributed by atoms with Gasteiger partial charge >= 0.3 is 0 Å². The maximum Gasteiger partial charge on any atom is 0.159 e. The zero-order chi connectivity index (χ0) is 22.6. The molecule has 170 valence electrons. The van der Waals surface area contributed by atoms with E-state index < -0.39 is 0 Å². The number of carbonyl (C=O) groups is 1. The molecule has 0 bridgehead atoms. The third-order valence-corrected chi connectivity index (χ3v) is 7.04. The second-order valence-electron chi connectivity index (χ2n) is 9.53. The van der Waals surface area contributed by atoms with Crippen LogP contribution in [-0.2, 0) is 19.3 Å². The van der Waals surface area contributed by atoms with Gasteiger partial charge in [0.05, 0.1) is 11.4 Å². The van der Waals surface area contributed by atoms with Crippen molar-refractivity contribution in [1.29, 1.82) is 0 Å². The molecule has 4 nitrogen and oxygen atoms in total. The molecular formula is C29H33N3O. The van der Waals surface area contributed by atoms with Gasteiger partial charge in [-0.15, -0.1) is 0 Å². The summed E-state index contributed by atoms with van der Waals surface area (Å²) in [4.78, 5) is 24.6. The molecule has 33 heavy (non-hydrogen) atoms. The van der Waals surface area contributed by atoms with Crippen LogP contribution in [0.1, 0.15) is 77.7 Å². The zero-order valence-electron chi connectivity index (χ0n) is 19.6. The Morgan fingerprint density at radius 2 is 1.79 bits per heavy atom. The first-order valence-corrected chi connectivity index (χ1v) is 12.5. The number of fused-ring (bicyclic) bond motifs is 3. The van der Waals surface area contributed by atoms with Crippen molar-refractivity contribution >= 4 is 5.78 Å². The number of aryl methyl sites for hydroxylation is 1. The standard InChI is InChI=1S/C29H33N3O/c1-21(33)23-13-14-25-24(19-23)20-27-29(25)26(12-6-9-17-32-15-7-3-8-16-32)30-28(31-27)18-22-10-4-2-5-11-22/h2,4-5,10-11,13-14,19H,3,6-9,12,15-18,20H2,1H3. The molecule has 0 radical (unpaired) electrons. The second kappa shape index (κ2) is 9.96. The molecule has 2 aromatic carbocycles. The first-order chi connectivity index (χ1) is 16.2. The molecule has 3 aromatic rings. The third kappa shape index (κ3) is 5.06. The molecule has 1 saturated heterocycles. The quantitative estimate of drug-likeness (QED) is 0.263. The number of hydrogen-bond donors (Lipinski definition) is 0. The maximum atomic E-state index is 11.9. The lowest BCUT2D eigenvalue weighted by Gasteiger charge is -2.26. The minimum absolute atomic E-state index is 0.113. The minimum Gasteiger partial charge on any atom is -0.303 e. The van der Waals surface area contributed by atoms with Crippen LogP contribution >= 0.6 is 0 Å². The highest BCUT2D eigenvalue weighted by Gasteiger charge is 2.25. The Kier molecular flexibility index (Phi) is 6.63. The van der Waals surface area contributed by atoms with Crippen molar-refractivity contribution in [3.8, 4) is 11.1 Å². The van der Waals surface area contributed by atoms with Crippen molar-refractivity contribution in [2.24, 2.45) is 0 Å². The molecular weight excluding hydrogens is 406 g/mol. The Bertz CT molecular complexity index is 1130. The fourth-order valence-electron chi connectivity index (χ4n) is 5.29. The fraction of sp³-hybridized carbons (Fsp3) is 0.414. The summed E-state index contributed by atoms with van der Waals surface area (Å²) in [6, 6.07) is 16.6. The predicted octanol–water partition coefficient (Wildman–Crippen LogP) is 5.65. The second-order valence-corrected chi connectivity index (χ2v) is 9.53. The van der Waals surface area contributed by atoms with Crippen LogP contribution in [0.2, 0.25) is 0 Å². The van der Waals surface area contributed by atoms with Crippen LogP contribution in [0.15, 0.2) is 48.5 Å². The molecule has 1 aliphatic carbocycles. The summed E-state index contributed by atoms with van der Waals surface area (Å²) in [6.07, 6.45) is 8.96. The van der Waals surface area contributed by atoms with Crippen molar-refractivity contribution in [3.63, 3.8) is 0 Å². The Balaban J connectivity index is 1.39. The van der Waals surface area contributed by atoms with Gasteiger partial charge < -0.3 is 4.90 Å². The van der Waals surface area contributed by atoms with Crippen molar-refractivity contribution < 1.29 is 4.79 Å². The van der Waals surface area contributed by atoms with E-state index in [1.807, 2.05) is 12.1 Å². The number of nitrogens with zero attached hydrogens (tertiary/aromatic N) is 3. The smallest absolute Gasteiger partial charge is 0.159 e. The van der Waals surface area contributed by atoms with E-state index in [0.717, 1.165) is 42.8 Å². The number of unbranched alkanes of at least 4 members (excludes halogenated alkanes) is 1. The summed E-state index contributed by atoms with van der Waals surface area (Å²) >= 11 is 0. The molecule has 1 fully saturated rings. The molecule has 0 saturated carbocycles. The summed E-state index contributed by atoms with van der Waals surface area (Å²) in [5, 5.41) is 0. The number of hydrogen-bond acceptors (Lipinski definition) is 4. The molecule has 0 atom stereocenters. The zero-order valence-corrected chi connectivity index (χ0v) is 19.6. The minimum atomic E-state index is 0.113. The average molecular weight is 440 g/mol. The van der Waals surface area contributed by atoms with Crippen LogP contribution in [-0.4, -0.2) is 40.3 Å². The van der Waals surface area contributed by atoms with E-state index in [2.05, 4.69) is 41.3 Å². The summed E-state index contributed by atoms with van der Waals surface area (Å²) in [7, 11) is 0. The summed E-state index contributed by atoms with van der Waals surface area (Å²) in [5.74, 6) is 1.02. The molecule has 2 heterocycles. The molecule has 1 aromatic heterocycles. The third-order valence-electron chi connectivity index (χ3n) is 7.04. The molecule has 0 N–H and O–H groups in total. The topological polar surface area (TPSA) is 46.1 Å². The normalized spacial score (nSPS) is 15.3. The van der Waals surface area contributed by atoms with Crippen molar-refractivity contribution in [3.05, 3.63) is 82.4 Å². The van der Waals surface area contributed by atoms with Gasteiger partial charge in [0, 0.05) is 24.0 Å². The maximum absolute atomic E-state index is 11.9. The molecule has 0 spiro atoms. The van der Waals surface area contributed by atoms with E-state index in [4.69, 9.17) is 9.97 Å². The number of likely N-dealkylation sites (tertiary alicyclic amines) is 1. The molecule has 0 unspecified atom stereocenters. The first kappa shape index (κ1) is 22.0. The van der Waals surface area contributed by atoms with Crippen LogP contribution in [0.5, 0.6) is 0 Å². The summed E-state index contributed by atoms with van der Waals surface area (Å²) < 4.78 is 0. The average Bonchev–Trinajstić information content (AvgIpc) is 3.20. The van der Waals surface area contributed by atoms with Crippen LogP contribution in [0.25, 0.3) is 11.1 Å². The molecule has 2 aliphatic rings. The van der Waals surface area contributed by atoms with E-state index in [-0.39, 0.29) is 5.78 Å². The van der Waals surface area contributed by atoms with E-state index in [1.165, 1.54) is 73.3 Å². The van der Waals surface area contributed by atoms with Gasteiger partial charge in [-0.05, 0) is 81.4 Å². The highest BCUT2D eigenvalue weighted by atomic mass is 16.1. The van der Waals surface area contributed by atoms with Gasteiger partial charge in [-0.25, -0.2) is 9.97 Å². The lowest BCUT2D eigenvalue weighted by Crippen LogP contribution is -2.30. The SMILES string of the molecule is CC(=O)c1ccc2c(c1)Cc1nc(Cc3ccccc3)nc(CCCCN3CCCCC3)c1-2. The molecule has 1 aliphatic heterocycles. The molecule has 5 rings (SSSR count). The number of rotatable bonds is 8. The van der Waals surface area contributed by atoms with Gasteiger partial charge in [-0.1, -0.05) is 48.9 Å². The number of piperidine rings is 1. The van der Waals surface area contributed by atoms with Crippen LogP contribution in [0.4, 0.5) is 0 Å².